The molecule has 0 saturated heterocycles. The Hall–Kier alpha value is -1.82. The number of hydrogen-bond donors (Lipinski definition) is 0. The molecule has 0 spiro atoms. The minimum absolute atomic E-state index is 0.301. The van der Waals surface area contributed by atoms with Gasteiger partial charge in [-0.15, -0.1) is 10.2 Å². The van der Waals surface area contributed by atoms with Crippen molar-refractivity contribution >= 4 is 23.4 Å². The van der Waals surface area contributed by atoms with Gasteiger partial charge in [0, 0.05) is 0 Å². The fourth-order valence-electron chi connectivity index (χ4n) is 12.1. The smallest absolute Gasteiger partial charge is 0.222 e. The van der Waals surface area contributed by atoms with Crippen LogP contribution >= 0.6 is 7.49 Å². The van der Waals surface area contributed by atoms with Crippen molar-refractivity contribution in [2.24, 2.45) is 52.3 Å². The lowest BCUT2D eigenvalue weighted by Gasteiger charge is -2.61. The Morgan fingerprint density at radius 2 is 1.15 bits per heavy atom. The Bertz CT molecular complexity index is 1450. The van der Waals surface area contributed by atoms with Crippen LogP contribution in [0, 0.1) is 62.5 Å². The van der Waals surface area contributed by atoms with E-state index in [0.29, 0.717) is 16.9 Å². The molecule has 0 unspecified atom stereocenters. The van der Waals surface area contributed by atoms with E-state index < -0.39 is 17.7 Å². The fourth-order valence-corrected chi connectivity index (χ4v) is 15.8. The van der Waals surface area contributed by atoms with E-state index in [1.165, 1.54) is 93.0 Å². The number of rotatable bonds is 10. The Morgan fingerprint density at radius 3 is 1.67 bits per heavy atom. The summed E-state index contributed by atoms with van der Waals surface area (Å²) in [6, 6.07) is 33.6. The first-order chi connectivity index (χ1) is 24.8. The van der Waals surface area contributed by atoms with Crippen molar-refractivity contribution in [1.82, 2.24) is 0 Å². The number of halogens is 1. The second-order valence-corrected chi connectivity index (χ2v) is 21.4. The molecule has 4 saturated carbocycles. The molecule has 4 aliphatic carbocycles. The van der Waals surface area contributed by atoms with Crippen molar-refractivity contribution in [3.8, 4) is 0 Å². The molecule has 0 bridgehead atoms. The Balaban J connectivity index is 0.000000870. The molecule has 0 heterocycles. The van der Waals surface area contributed by atoms with Gasteiger partial charge in [-0.25, -0.2) is 23.2 Å². The largest absolute Gasteiger partial charge is 0.242 e. The third kappa shape index (κ3) is 8.37. The highest BCUT2D eigenvalue weighted by Gasteiger charge is 2.61. The molecule has 7 rings (SSSR count). The summed E-state index contributed by atoms with van der Waals surface area (Å²) in [6.45, 7) is 12.9. The van der Waals surface area contributed by atoms with Gasteiger partial charge in [0.2, 0.25) is 7.49 Å². The van der Waals surface area contributed by atoms with Gasteiger partial charge in [0.25, 0.3) is 0 Å². The van der Waals surface area contributed by atoms with Gasteiger partial charge < -0.3 is 0 Å². The van der Waals surface area contributed by atoms with Gasteiger partial charge in [0.15, 0.2) is 0 Å². The van der Waals surface area contributed by atoms with Crippen LogP contribution in [-0.4, -0.2) is 6.10 Å². The molecule has 5 nitrogen and oxygen atoms in total. The molecule has 284 valence electrons. The minimum atomic E-state index is -4.94. The maximum atomic E-state index is 8.49. The van der Waals surface area contributed by atoms with Crippen LogP contribution in [0.25, 0.3) is 0 Å². The predicted octanol–water partition coefficient (Wildman–Crippen LogP) is 6.65. The maximum absolute atomic E-state index is 8.49. The van der Waals surface area contributed by atoms with Crippen molar-refractivity contribution in [1.29, 1.82) is 0 Å². The molecule has 4 aliphatic rings. The van der Waals surface area contributed by atoms with E-state index >= 15 is 0 Å². The van der Waals surface area contributed by atoms with E-state index in [9.17, 15) is 0 Å². The average Bonchev–Trinajstić information content (AvgIpc) is 3.48. The van der Waals surface area contributed by atoms with Gasteiger partial charge in [-0.2, -0.15) is 0 Å². The first kappa shape index (κ1) is 39.9. The van der Waals surface area contributed by atoms with Crippen LogP contribution in [-0.2, 0) is 4.52 Å². The lowest BCUT2D eigenvalue weighted by molar-refractivity contribution is -2.00. The Labute approximate surface area is 316 Å². The predicted molar refractivity (Wildman–Crippen MR) is 203 cm³/mol. The Kier molecular flexibility index (Phi) is 12.6. The number of fused-ring (bicyclic) bond motifs is 5. The van der Waals surface area contributed by atoms with E-state index in [-0.39, 0.29) is 0 Å². The molecule has 0 amide bonds. The van der Waals surface area contributed by atoms with E-state index in [1.54, 1.807) is 0 Å². The van der Waals surface area contributed by atoms with Crippen LogP contribution < -0.4 is 34.5 Å². The highest BCUT2D eigenvalue weighted by Crippen LogP contribution is 2.69. The zero-order chi connectivity index (χ0) is 37.1. The molecular weight excluding hydrogens is 687 g/mol. The lowest BCUT2D eigenvalue weighted by Crippen LogP contribution is -2.68. The van der Waals surface area contributed by atoms with Crippen molar-refractivity contribution in [2.75, 3.05) is 0 Å². The zero-order valence-electron chi connectivity index (χ0n) is 32.1. The van der Waals surface area contributed by atoms with E-state index in [1.807, 2.05) is 0 Å². The van der Waals surface area contributed by atoms with Crippen molar-refractivity contribution in [3.05, 3.63) is 91.0 Å². The monoisotopic (exact) mass is 748 g/mol. The molecule has 3 aromatic rings. The van der Waals surface area contributed by atoms with E-state index in [2.05, 4.69) is 126 Å². The van der Waals surface area contributed by atoms with Gasteiger partial charge in [0.1, 0.15) is 22.0 Å². The summed E-state index contributed by atoms with van der Waals surface area (Å²) in [4.78, 5) is 0. The van der Waals surface area contributed by atoms with Crippen LogP contribution in [0.2, 0.25) is 0 Å². The third-order valence-electron chi connectivity index (χ3n) is 14.5. The molecule has 0 aliphatic heterocycles. The van der Waals surface area contributed by atoms with Crippen molar-refractivity contribution in [3.63, 3.8) is 0 Å². The van der Waals surface area contributed by atoms with Crippen LogP contribution in [0.5, 0.6) is 0 Å². The summed E-state index contributed by atoms with van der Waals surface area (Å²) in [6.07, 6.45) is 17.1. The summed E-state index contributed by atoms with van der Waals surface area (Å²) in [5, 5.41) is 4.03. The van der Waals surface area contributed by atoms with Crippen molar-refractivity contribution < 1.29 is 33.4 Å². The van der Waals surface area contributed by atoms with E-state index in [0.717, 1.165) is 41.4 Å². The van der Waals surface area contributed by atoms with Gasteiger partial charge in [-0.3, -0.25) is 0 Å². The normalized spacial score (nSPS) is 32.2. The van der Waals surface area contributed by atoms with Gasteiger partial charge >= 0.3 is 0 Å². The summed E-state index contributed by atoms with van der Waals surface area (Å²) in [5.74, 6) is 6.27. The molecule has 9 atom stereocenters. The first-order valence-electron chi connectivity index (χ1n) is 20.1. The summed E-state index contributed by atoms with van der Waals surface area (Å²) in [5.41, 5.74) is 1.05. The first-order valence-corrected chi connectivity index (χ1v) is 23.1. The highest BCUT2D eigenvalue weighted by molar-refractivity contribution is 7.91. The molecule has 4 fully saturated rings. The standard InChI is InChI=1S/C45H62OP.ClHO4/c1-33(2)16-15-17-34(3)41-26-27-42-40-25-24-35-32-36(28-30-44(35,4)43(40)29-31-45(41,42)5)46-47(37-18-9-6-10-19-37,38-20-11-7-12-21-38)39-22-13-8-14-23-39;2-1(3,4)5/h6-14,18-23,33-36,40-43H,15-17,24-32H2,1-5H3;(H,2,3,4,5)/q+1;/p-1/t34-,35+,36+,40+,41-,42+,43+,44+,45-;/m1./s1. The van der Waals surface area contributed by atoms with Crippen molar-refractivity contribution in [2.45, 2.75) is 118 Å². The lowest BCUT2D eigenvalue weighted by atomic mass is 9.44. The third-order valence-corrected chi connectivity index (χ3v) is 18.2. The summed E-state index contributed by atoms with van der Waals surface area (Å²) in [7, 11) is -7.22. The number of benzene rings is 3. The Morgan fingerprint density at radius 1 is 0.654 bits per heavy atom. The molecular formula is C45H62ClO5P. The molecule has 7 heteroatoms. The summed E-state index contributed by atoms with van der Waals surface area (Å²) >= 11 is 0. The topological polar surface area (TPSA) is 101 Å². The molecule has 0 aromatic heterocycles. The summed E-state index contributed by atoms with van der Waals surface area (Å²) < 4.78 is 41.7. The fraction of sp³-hybridized carbons (Fsp3) is 0.600. The zero-order valence-corrected chi connectivity index (χ0v) is 33.8. The van der Waals surface area contributed by atoms with Gasteiger partial charge in [-0.1, -0.05) is 108 Å². The van der Waals surface area contributed by atoms with E-state index in [4.69, 9.17) is 23.2 Å². The molecule has 0 radical (unpaired) electrons. The molecule has 3 aromatic carbocycles. The van der Waals surface area contributed by atoms with Gasteiger partial charge in [0.05, 0.1) is 0 Å². The quantitative estimate of drug-likeness (QED) is 0.216. The molecule has 0 N–H and O–H groups in total. The SMILES string of the molecule is CC(C)CCC[C@@H](C)[C@H]1CC[C@H]2[C@@H]3CC[C@H]4C[C@@H](O[P+](c5ccccc5)(c5ccccc5)c5ccccc5)CC[C@]4(C)[C@H]3CC[C@]12C.[O-][Cl+3]([O-])([O-])[O-]. The second-order valence-electron chi connectivity index (χ2n) is 17.7. The van der Waals surface area contributed by atoms with Crippen LogP contribution in [0.4, 0.5) is 0 Å². The maximum Gasteiger partial charge on any atom is 0.242 e. The highest BCUT2D eigenvalue weighted by atomic mass is 35.7. The molecule has 52 heavy (non-hydrogen) atoms. The minimum Gasteiger partial charge on any atom is -0.222 e. The number of hydrogen-bond acceptors (Lipinski definition) is 5. The average molecular weight is 749 g/mol. The van der Waals surface area contributed by atoms with Gasteiger partial charge in [-0.05, 0) is 146 Å². The van der Waals surface area contributed by atoms with Crippen LogP contribution in [0.3, 0.4) is 0 Å². The van der Waals surface area contributed by atoms with Crippen LogP contribution in [0.15, 0.2) is 91.0 Å². The van der Waals surface area contributed by atoms with Crippen LogP contribution in [0.1, 0.15) is 112 Å². The second kappa shape index (κ2) is 16.5.